The second-order valence-electron chi connectivity index (χ2n) is 5.73. The number of ether oxygens (including phenoxy) is 1. The second kappa shape index (κ2) is 6.39. The second-order valence-corrected chi connectivity index (χ2v) is 6.92. The van der Waals surface area contributed by atoms with Gasteiger partial charge in [-0.15, -0.1) is 5.10 Å². The van der Waals surface area contributed by atoms with E-state index in [2.05, 4.69) is 14.7 Å². The van der Waals surface area contributed by atoms with Crippen molar-refractivity contribution in [3.05, 3.63) is 27.5 Å². The molecule has 2 rings (SSSR count). The number of aliphatic hydroxyl groups excluding tert-OH is 1. The number of nitrogens with zero attached hydrogens (tertiary/aromatic N) is 4. The number of hydrogen-bond donors (Lipinski definition) is 1. The van der Waals surface area contributed by atoms with Crippen LogP contribution in [0.3, 0.4) is 0 Å². The Bertz CT molecular complexity index is 606. The molecule has 2 aromatic heterocycles. The molecule has 21 heavy (non-hydrogen) atoms. The van der Waals surface area contributed by atoms with E-state index in [9.17, 15) is 5.11 Å². The SMILES string of the molecule is COCCn1ncc(Cl)c1C(O)c1snnc1C(C)(C)C. The maximum absolute atomic E-state index is 10.7. The first-order valence-electron chi connectivity index (χ1n) is 6.57. The lowest BCUT2D eigenvalue weighted by molar-refractivity contribution is 0.171. The molecule has 8 heteroatoms. The van der Waals surface area contributed by atoms with Crippen LogP contribution >= 0.6 is 23.1 Å². The molecule has 0 radical (unpaired) electrons. The van der Waals surface area contributed by atoms with Gasteiger partial charge < -0.3 is 9.84 Å². The Hall–Kier alpha value is -1.02. The zero-order valence-electron chi connectivity index (χ0n) is 12.5. The highest BCUT2D eigenvalue weighted by Crippen LogP contribution is 2.35. The Labute approximate surface area is 132 Å². The molecule has 0 spiro atoms. The van der Waals surface area contributed by atoms with Gasteiger partial charge in [0.1, 0.15) is 6.10 Å². The van der Waals surface area contributed by atoms with Crippen molar-refractivity contribution in [1.29, 1.82) is 0 Å². The Morgan fingerprint density at radius 3 is 2.81 bits per heavy atom. The number of halogens is 1. The minimum Gasteiger partial charge on any atom is -0.383 e. The first kappa shape index (κ1) is 16.4. The first-order valence-corrected chi connectivity index (χ1v) is 7.72. The Morgan fingerprint density at radius 2 is 2.19 bits per heavy atom. The maximum Gasteiger partial charge on any atom is 0.135 e. The average Bonchev–Trinajstić information content (AvgIpc) is 3.01. The van der Waals surface area contributed by atoms with Crippen LogP contribution in [-0.2, 0) is 16.7 Å². The summed E-state index contributed by atoms with van der Waals surface area (Å²) in [7, 11) is 1.62. The van der Waals surface area contributed by atoms with E-state index in [0.29, 0.717) is 28.7 Å². The highest BCUT2D eigenvalue weighted by atomic mass is 35.5. The van der Waals surface area contributed by atoms with Gasteiger partial charge in [0, 0.05) is 12.5 Å². The lowest BCUT2D eigenvalue weighted by Gasteiger charge is -2.19. The van der Waals surface area contributed by atoms with Crippen molar-refractivity contribution in [3.63, 3.8) is 0 Å². The highest BCUT2D eigenvalue weighted by molar-refractivity contribution is 7.05. The van der Waals surface area contributed by atoms with Crippen molar-refractivity contribution >= 4 is 23.1 Å². The van der Waals surface area contributed by atoms with Crippen LogP contribution in [0.2, 0.25) is 5.02 Å². The van der Waals surface area contributed by atoms with Gasteiger partial charge in [-0.1, -0.05) is 36.9 Å². The highest BCUT2D eigenvalue weighted by Gasteiger charge is 2.30. The third kappa shape index (κ3) is 3.42. The van der Waals surface area contributed by atoms with Gasteiger partial charge >= 0.3 is 0 Å². The standard InChI is InChI=1S/C13H19ClN4O2S/c1-13(2,3)12-11(21-17-16-12)10(19)9-8(14)7-15-18(9)5-6-20-4/h7,10,19H,5-6H2,1-4H3. The molecule has 0 aliphatic carbocycles. The van der Waals surface area contributed by atoms with Crippen molar-refractivity contribution in [1.82, 2.24) is 19.4 Å². The largest absolute Gasteiger partial charge is 0.383 e. The topological polar surface area (TPSA) is 73.1 Å². The van der Waals surface area contributed by atoms with Crippen molar-refractivity contribution in [2.45, 2.75) is 38.8 Å². The number of rotatable bonds is 5. The molecule has 6 nitrogen and oxygen atoms in total. The van der Waals surface area contributed by atoms with E-state index in [1.165, 1.54) is 17.7 Å². The Balaban J connectivity index is 2.39. The molecular weight excluding hydrogens is 312 g/mol. The van der Waals surface area contributed by atoms with E-state index in [1.54, 1.807) is 11.8 Å². The minimum absolute atomic E-state index is 0.201. The molecule has 0 fully saturated rings. The van der Waals surface area contributed by atoms with Crippen LogP contribution < -0.4 is 0 Å². The molecule has 0 amide bonds. The van der Waals surface area contributed by atoms with Crippen LogP contribution in [-0.4, -0.2) is 38.2 Å². The summed E-state index contributed by atoms with van der Waals surface area (Å²) in [4.78, 5) is 0.698. The van der Waals surface area contributed by atoms with Crippen LogP contribution in [0, 0.1) is 0 Å². The average molecular weight is 331 g/mol. The van der Waals surface area contributed by atoms with Crippen LogP contribution in [0.25, 0.3) is 0 Å². The van der Waals surface area contributed by atoms with Crippen molar-refractivity contribution in [3.8, 4) is 0 Å². The van der Waals surface area contributed by atoms with Crippen LogP contribution in [0.1, 0.15) is 43.1 Å². The number of aromatic nitrogens is 4. The quantitative estimate of drug-likeness (QED) is 0.911. The summed E-state index contributed by atoms with van der Waals surface area (Å²) in [5.74, 6) is 0. The summed E-state index contributed by atoms with van der Waals surface area (Å²) in [6.45, 7) is 7.11. The lowest BCUT2D eigenvalue weighted by atomic mass is 9.90. The molecule has 1 N–H and O–H groups in total. The van der Waals surface area contributed by atoms with Crippen LogP contribution in [0.4, 0.5) is 0 Å². The third-order valence-corrected chi connectivity index (χ3v) is 4.14. The van der Waals surface area contributed by atoms with Gasteiger partial charge in [-0.25, -0.2) is 0 Å². The number of hydrogen-bond acceptors (Lipinski definition) is 6. The lowest BCUT2D eigenvalue weighted by Crippen LogP contribution is -2.18. The fourth-order valence-electron chi connectivity index (χ4n) is 2.02. The van der Waals surface area contributed by atoms with E-state index in [0.717, 1.165) is 5.69 Å². The van der Waals surface area contributed by atoms with Gasteiger partial charge in [0.05, 0.1) is 40.6 Å². The predicted molar refractivity (Wildman–Crippen MR) is 81.8 cm³/mol. The molecule has 0 aliphatic rings. The fraction of sp³-hybridized carbons (Fsp3) is 0.615. The molecule has 0 saturated carbocycles. The summed E-state index contributed by atoms with van der Waals surface area (Å²) >= 11 is 7.36. The monoisotopic (exact) mass is 330 g/mol. The number of aliphatic hydroxyl groups is 1. The Morgan fingerprint density at radius 1 is 1.48 bits per heavy atom. The van der Waals surface area contributed by atoms with E-state index in [1.807, 2.05) is 20.8 Å². The van der Waals surface area contributed by atoms with Crippen LogP contribution in [0.5, 0.6) is 0 Å². The molecule has 0 aliphatic heterocycles. The van der Waals surface area contributed by atoms with Gasteiger partial charge in [0.2, 0.25) is 0 Å². The van der Waals surface area contributed by atoms with Gasteiger partial charge in [0.15, 0.2) is 0 Å². The van der Waals surface area contributed by atoms with Crippen molar-refractivity contribution in [2.75, 3.05) is 13.7 Å². The molecule has 116 valence electrons. The maximum atomic E-state index is 10.7. The van der Waals surface area contributed by atoms with E-state index in [4.69, 9.17) is 16.3 Å². The molecule has 2 heterocycles. The molecule has 1 atom stereocenters. The van der Waals surface area contributed by atoms with Crippen molar-refractivity contribution < 1.29 is 9.84 Å². The molecular formula is C13H19ClN4O2S. The number of methoxy groups -OCH3 is 1. The summed E-state index contributed by atoms with van der Waals surface area (Å²) in [5, 5.41) is 19.5. The van der Waals surface area contributed by atoms with Gasteiger partial charge in [-0.3, -0.25) is 4.68 Å². The smallest absolute Gasteiger partial charge is 0.135 e. The van der Waals surface area contributed by atoms with E-state index in [-0.39, 0.29) is 5.41 Å². The van der Waals surface area contributed by atoms with Crippen molar-refractivity contribution in [2.24, 2.45) is 0 Å². The molecule has 1 unspecified atom stereocenters. The minimum atomic E-state index is -0.897. The molecule has 0 saturated heterocycles. The molecule has 0 bridgehead atoms. The van der Waals surface area contributed by atoms with E-state index < -0.39 is 6.10 Å². The van der Waals surface area contributed by atoms with Gasteiger partial charge in [0.25, 0.3) is 0 Å². The van der Waals surface area contributed by atoms with Crippen LogP contribution in [0.15, 0.2) is 6.20 Å². The van der Waals surface area contributed by atoms with Gasteiger partial charge in [-0.05, 0) is 11.5 Å². The summed E-state index contributed by atoms with van der Waals surface area (Å²) < 4.78 is 10.7. The zero-order valence-corrected chi connectivity index (χ0v) is 14.1. The zero-order chi connectivity index (χ0) is 15.6. The summed E-state index contributed by atoms with van der Waals surface area (Å²) in [6, 6.07) is 0. The summed E-state index contributed by atoms with van der Waals surface area (Å²) in [5.41, 5.74) is 1.12. The molecule has 2 aromatic rings. The first-order chi connectivity index (χ1) is 9.86. The fourth-order valence-corrected chi connectivity index (χ4v) is 3.12. The predicted octanol–water partition coefficient (Wildman–Crippen LogP) is 2.41. The normalized spacial score (nSPS) is 13.6. The third-order valence-electron chi connectivity index (χ3n) is 3.07. The summed E-state index contributed by atoms with van der Waals surface area (Å²) in [6.07, 6.45) is 0.632. The Kier molecular flexibility index (Phi) is 4.98. The van der Waals surface area contributed by atoms with Gasteiger partial charge in [-0.2, -0.15) is 5.10 Å². The molecule has 0 aromatic carbocycles. The van der Waals surface area contributed by atoms with E-state index >= 15 is 0 Å².